The first kappa shape index (κ1) is 12.6. The summed E-state index contributed by atoms with van der Waals surface area (Å²) in [6.07, 6.45) is 2.95. The van der Waals surface area contributed by atoms with Crippen molar-refractivity contribution < 1.29 is 5.11 Å². The van der Waals surface area contributed by atoms with Crippen LogP contribution in [0.25, 0.3) is 0 Å². The number of benzene rings is 1. The van der Waals surface area contributed by atoms with Crippen LogP contribution in [0.3, 0.4) is 0 Å². The minimum atomic E-state index is -0.140. The van der Waals surface area contributed by atoms with E-state index in [4.69, 9.17) is 0 Å². The molecular weight excluding hydrogens is 210 g/mol. The molecule has 2 nitrogen and oxygen atoms in total. The first-order valence-electron chi connectivity index (χ1n) is 6.55. The van der Waals surface area contributed by atoms with E-state index in [0.29, 0.717) is 0 Å². The zero-order valence-corrected chi connectivity index (χ0v) is 10.9. The number of aliphatic hydroxyl groups excluding tert-OH is 1. The number of aliphatic hydroxyl groups is 1. The van der Waals surface area contributed by atoms with Crippen molar-refractivity contribution >= 4 is 0 Å². The summed E-state index contributed by atoms with van der Waals surface area (Å²) < 4.78 is 0. The number of β-amino-alcohol motifs (C(OH)–C–C–N with tert-alkyl or cyclic N) is 1. The minimum absolute atomic E-state index is 0.140. The average molecular weight is 233 g/mol. The molecule has 2 rings (SSSR count). The van der Waals surface area contributed by atoms with Gasteiger partial charge >= 0.3 is 0 Å². The SMILES string of the molecule is CC1(C)CCC(O)CN1CCc1ccccc1. The van der Waals surface area contributed by atoms with Gasteiger partial charge in [-0.15, -0.1) is 0 Å². The maximum Gasteiger partial charge on any atom is 0.0668 e. The normalized spacial score (nSPS) is 24.8. The maximum atomic E-state index is 9.77. The van der Waals surface area contributed by atoms with Crippen molar-refractivity contribution in [3.63, 3.8) is 0 Å². The fraction of sp³-hybridized carbons (Fsp3) is 0.600. The van der Waals surface area contributed by atoms with Gasteiger partial charge in [-0.2, -0.15) is 0 Å². The van der Waals surface area contributed by atoms with Crippen LogP contribution in [0.2, 0.25) is 0 Å². The van der Waals surface area contributed by atoms with E-state index in [9.17, 15) is 5.11 Å². The Hall–Kier alpha value is -0.860. The molecule has 0 spiro atoms. The summed E-state index contributed by atoms with van der Waals surface area (Å²) in [6, 6.07) is 10.6. The number of likely N-dealkylation sites (tertiary alicyclic amines) is 1. The topological polar surface area (TPSA) is 23.5 Å². The van der Waals surface area contributed by atoms with Crippen LogP contribution in [0, 0.1) is 0 Å². The maximum absolute atomic E-state index is 9.77. The molecule has 0 radical (unpaired) electrons. The molecule has 0 saturated carbocycles. The third-order valence-corrected chi connectivity index (χ3v) is 3.89. The number of hydrogen-bond acceptors (Lipinski definition) is 2. The van der Waals surface area contributed by atoms with E-state index in [2.05, 4.69) is 49.1 Å². The molecule has 1 heterocycles. The van der Waals surface area contributed by atoms with Gasteiger partial charge in [-0.05, 0) is 38.7 Å². The third-order valence-electron chi connectivity index (χ3n) is 3.89. The Bertz CT molecular complexity index is 347. The first-order valence-corrected chi connectivity index (χ1v) is 6.55. The lowest BCUT2D eigenvalue weighted by Crippen LogP contribution is -2.52. The highest BCUT2D eigenvalue weighted by molar-refractivity contribution is 5.15. The molecule has 1 unspecified atom stereocenters. The second-order valence-corrected chi connectivity index (χ2v) is 5.69. The summed E-state index contributed by atoms with van der Waals surface area (Å²) in [5, 5.41) is 9.77. The van der Waals surface area contributed by atoms with Crippen molar-refractivity contribution in [3.8, 4) is 0 Å². The van der Waals surface area contributed by atoms with E-state index in [1.165, 1.54) is 5.56 Å². The van der Waals surface area contributed by atoms with Crippen LogP contribution in [-0.2, 0) is 6.42 Å². The van der Waals surface area contributed by atoms with Gasteiger partial charge < -0.3 is 5.11 Å². The number of nitrogens with zero attached hydrogens (tertiary/aromatic N) is 1. The number of hydrogen-bond donors (Lipinski definition) is 1. The van der Waals surface area contributed by atoms with Crippen molar-refractivity contribution in [2.75, 3.05) is 13.1 Å². The quantitative estimate of drug-likeness (QED) is 0.867. The highest BCUT2D eigenvalue weighted by atomic mass is 16.3. The summed E-state index contributed by atoms with van der Waals surface area (Å²) in [5.74, 6) is 0. The molecule has 0 bridgehead atoms. The molecule has 1 atom stereocenters. The lowest BCUT2D eigenvalue weighted by Gasteiger charge is -2.44. The Morgan fingerprint density at radius 3 is 2.71 bits per heavy atom. The second kappa shape index (κ2) is 5.19. The van der Waals surface area contributed by atoms with Gasteiger partial charge in [-0.3, -0.25) is 4.90 Å². The van der Waals surface area contributed by atoms with Gasteiger partial charge in [0.2, 0.25) is 0 Å². The highest BCUT2D eigenvalue weighted by Gasteiger charge is 2.32. The van der Waals surface area contributed by atoms with Crippen LogP contribution in [-0.4, -0.2) is 34.7 Å². The molecule has 1 aromatic rings. The molecule has 0 aromatic heterocycles. The number of rotatable bonds is 3. The summed E-state index contributed by atoms with van der Waals surface area (Å²) in [5.41, 5.74) is 1.61. The van der Waals surface area contributed by atoms with Crippen LogP contribution in [0.4, 0.5) is 0 Å². The minimum Gasteiger partial charge on any atom is -0.392 e. The summed E-state index contributed by atoms with van der Waals surface area (Å²) in [4.78, 5) is 2.42. The Morgan fingerprint density at radius 1 is 1.29 bits per heavy atom. The molecule has 2 heteroatoms. The van der Waals surface area contributed by atoms with E-state index in [0.717, 1.165) is 32.4 Å². The molecular formula is C15H23NO. The van der Waals surface area contributed by atoms with Crippen molar-refractivity contribution in [2.45, 2.75) is 44.8 Å². The first-order chi connectivity index (χ1) is 8.08. The summed E-state index contributed by atoms with van der Waals surface area (Å²) in [7, 11) is 0. The highest BCUT2D eigenvalue weighted by Crippen LogP contribution is 2.27. The van der Waals surface area contributed by atoms with E-state index in [1.54, 1.807) is 0 Å². The van der Waals surface area contributed by atoms with Crippen LogP contribution < -0.4 is 0 Å². The van der Waals surface area contributed by atoms with Gasteiger partial charge in [0.25, 0.3) is 0 Å². The molecule has 1 aliphatic heterocycles. The second-order valence-electron chi connectivity index (χ2n) is 5.69. The van der Waals surface area contributed by atoms with Crippen molar-refractivity contribution in [1.29, 1.82) is 0 Å². The van der Waals surface area contributed by atoms with Gasteiger partial charge in [0.1, 0.15) is 0 Å². The summed E-state index contributed by atoms with van der Waals surface area (Å²) in [6.45, 7) is 6.42. The molecule has 1 aromatic carbocycles. The Balaban J connectivity index is 1.93. The fourth-order valence-corrected chi connectivity index (χ4v) is 2.57. The Morgan fingerprint density at radius 2 is 2.00 bits per heavy atom. The van der Waals surface area contributed by atoms with Crippen LogP contribution in [0.1, 0.15) is 32.3 Å². The molecule has 0 amide bonds. The van der Waals surface area contributed by atoms with Gasteiger partial charge in [0.15, 0.2) is 0 Å². The Kier molecular flexibility index (Phi) is 3.85. The predicted molar refractivity (Wildman–Crippen MR) is 71.0 cm³/mol. The van der Waals surface area contributed by atoms with Crippen molar-refractivity contribution in [2.24, 2.45) is 0 Å². The molecule has 1 N–H and O–H groups in total. The standard InChI is InChI=1S/C15H23NO/c1-15(2)10-8-14(17)12-16(15)11-9-13-6-4-3-5-7-13/h3-7,14,17H,8-12H2,1-2H3. The van der Waals surface area contributed by atoms with Crippen molar-refractivity contribution in [1.82, 2.24) is 4.90 Å². The molecule has 1 fully saturated rings. The smallest absolute Gasteiger partial charge is 0.0668 e. The molecule has 0 aliphatic carbocycles. The average Bonchev–Trinajstić information content (AvgIpc) is 2.32. The fourth-order valence-electron chi connectivity index (χ4n) is 2.57. The molecule has 17 heavy (non-hydrogen) atoms. The van der Waals surface area contributed by atoms with Crippen molar-refractivity contribution in [3.05, 3.63) is 35.9 Å². The zero-order valence-electron chi connectivity index (χ0n) is 10.9. The van der Waals surface area contributed by atoms with Crippen LogP contribution in [0.15, 0.2) is 30.3 Å². The van der Waals surface area contributed by atoms with Gasteiger partial charge in [-0.25, -0.2) is 0 Å². The molecule has 94 valence electrons. The number of piperidine rings is 1. The summed E-state index contributed by atoms with van der Waals surface area (Å²) >= 11 is 0. The van der Waals surface area contributed by atoms with Gasteiger partial charge in [-0.1, -0.05) is 30.3 Å². The van der Waals surface area contributed by atoms with Gasteiger partial charge in [0.05, 0.1) is 6.10 Å². The van der Waals surface area contributed by atoms with E-state index in [-0.39, 0.29) is 11.6 Å². The molecule has 1 saturated heterocycles. The predicted octanol–water partition coefficient (Wildman–Crippen LogP) is 2.46. The Labute approximate surface area is 104 Å². The van der Waals surface area contributed by atoms with Crippen LogP contribution >= 0.6 is 0 Å². The lowest BCUT2D eigenvalue weighted by atomic mass is 9.89. The van der Waals surface area contributed by atoms with E-state index < -0.39 is 0 Å². The largest absolute Gasteiger partial charge is 0.392 e. The molecule has 1 aliphatic rings. The zero-order chi connectivity index (χ0) is 12.3. The third kappa shape index (κ3) is 3.30. The van der Waals surface area contributed by atoms with Gasteiger partial charge in [0, 0.05) is 18.6 Å². The monoisotopic (exact) mass is 233 g/mol. The lowest BCUT2D eigenvalue weighted by molar-refractivity contribution is -0.00349. The van der Waals surface area contributed by atoms with E-state index in [1.807, 2.05) is 0 Å². The van der Waals surface area contributed by atoms with E-state index >= 15 is 0 Å². The van der Waals surface area contributed by atoms with Crippen LogP contribution in [0.5, 0.6) is 0 Å².